The van der Waals surface area contributed by atoms with E-state index in [1.165, 1.54) is 25.3 Å². The van der Waals surface area contributed by atoms with E-state index in [2.05, 4.69) is 28.5 Å². The Labute approximate surface area is 265 Å². The van der Waals surface area contributed by atoms with Crippen molar-refractivity contribution in [3.05, 3.63) is 113 Å². The number of hydrogen-bond donors (Lipinski definition) is 0. The van der Waals surface area contributed by atoms with Crippen LogP contribution in [-0.2, 0) is 24.3 Å². The van der Waals surface area contributed by atoms with Gasteiger partial charge in [-0.15, -0.1) is 0 Å². The summed E-state index contributed by atoms with van der Waals surface area (Å²) in [4.78, 5) is 23.9. The molecule has 1 aliphatic rings. The monoisotopic (exact) mass is 621 g/mol. The Balaban J connectivity index is 1.25. The van der Waals surface area contributed by atoms with Crippen LogP contribution in [0, 0.1) is 28.4 Å². The quantitative estimate of drug-likeness (QED) is 0.155. The number of hydrogen-bond acceptors (Lipinski definition) is 7. The standard InChI is InChI=1S/C36H33F2N5O3/c1-42(2)21-36(13-14-36)22-43-32-17-26(35(44)45-3)11-12-31(32)40-33(43)18-24-9-10-25(16-29(24)38)30-5-4-6-34(41-30)46-20-27-8-7-23(19-39)15-28(27)37/h4-12,15-17H,13-14,18,20-22H2,1-3H3. The molecular weight excluding hydrogens is 588 g/mol. The van der Waals surface area contributed by atoms with Gasteiger partial charge in [-0.1, -0.05) is 24.3 Å². The topological polar surface area (TPSA) is 93.3 Å². The van der Waals surface area contributed by atoms with Gasteiger partial charge in [0.05, 0.1) is 41.0 Å². The van der Waals surface area contributed by atoms with Crippen molar-refractivity contribution in [2.75, 3.05) is 27.7 Å². The molecule has 0 bridgehead atoms. The summed E-state index contributed by atoms with van der Waals surface area (Å²) in [5.74, 6) is -0.365. The molecule has 0 saturated heterocycles. The molecule has 3 aromatic carbocycles. The fraction of sp³-hybridized carbons (Fsp3) is 0.278. The molecule has 46 heavy (non-hydrogen) atoms. The van der Waals surface area contributed by atoms with Gasteiger partial charge in [-0.3, -0.25) is 0 Å². The lowest BCUT2D eigenvalue weighted by atomic mass is 10.0. The zero-order chi connectivity index (χ0) is 32.4. The summed E-state index contributed by atoms with van der Waals surface area (Å²) in [5.41, 5.74) is 4.17. The Morgan fingerprint density at radius 1 is 1.00 bits per heavy atom. The molecule has 0 aliphatic heterocycles. The lowest BCUT2D eigenvalue weighted by Gasteiger charge is -2.22. The highest BCUT2D eigenvalue weighted by atomic mass is 19.1. The third-order valence-electron chi connectivity index (χ3n) is 8.33. The SMILES string of the molecule is COC(=O)c1ccc2nc(Cc3ccc(-c4cccc(OCc5ccc(C#N)cc5F)n4)cc3F)n(CC3(CN(C)C)CC3)c2c1. The third kappa shape index (κ3) is 6.60. The van der Waals surface area contributed by atoms with E-state index < -0.39 is 17.6 Å². The molecule has 10 heteroatoms. The van der Waals surface area contributed by atoms with E-state index in [1.807, 2.05) is 18.2 Å². The van der Waals surface area contributed by atoms with Crippen LogP contribution < -0.4 is 4.74 Å². The number of aromatic nitrogens is 3. The largest absolute Gasteiger partial charge is 0.473 e. The van der Waals surface area contributed by atoms with E-state index in [0.717, 1.165) is 42.3 Å². The summed E-state index contributed by atoms with van der Waals surface area (Å²) in [7, 11) is 5.48. The van der Waals surface area contributed by atoms with Crippen LogP contribution in [0.15, 0.2) is 72.8 Å². The number of ether oxygens (including phenoxy) is 2. The minimum absolute atomic E-state index is 0.0702. The molecule has 6 rings (SSSR count). The summed E-state index contributed by atoms with van der Waals surface area (Å²) in [6.45, 7) is 1.56. The first-order valence-corrected chi connectivity index (χ1v) is 15.0. The Morgan fingerprint density at radius 3 is 2.48 bits per heavy atom. The second-order valence-electron chi connectivity index (χ2n) is 12.1. The molecule has 2 aromatic heterocycles. The van der Waals surface area contributed by atoms with Gasteiger partial charge in [0.1, 0.15) is 24.1 Å². The molecule has 1 aliphatic carbocycles. The molecule has 1 fully saturated rings. The predicted molar refractivity (Wildman–Crippen MR) is 169 cm³/mol. The molecule has 2 heterocycles. The number of carbonyl (C=O) groups excluding carboxylic acids is 1. The maximum atomic E-state index is 15.7. The molecule has 0 radical (unpaired) electrons. The smallest absolute Gasteiger partial charge is 0.337 e. The van der Waals surface area contributed by atoms with Gasteiger partial charge in [0, 0.05) is 42.1 Å². The minimum atomic E-state index is -0.532. The zero-order valence-corrected chi connectivity index (χ0v) is 25.9. The van der Waals surface area contributed by atoms with Crippen molar-refractivity contribution in [3.63, 3.8) is 0 Å². The number of carbonyl (C=O) groups is 1. The van der Waals surface area contributed by atoms with E-state index in [1.54, 1.807) is 36.4 Å². The molecule has 5 aromatic rings. The van der Waals surface area contributed by atoms with Crippen LogP contribution in [-0.4, -0.2) is 53.2 Å². The highest BCUT2D eigenvalue weighted by Crippen LogP contribution is 2.48. The van der Waals surface area contributed by atoms with Crippen LogP contribution in [0.4, 0.5) is 8.78 Å². The van der Waals surface area contributed by atoms with Crippen LogP contribution in [0.25, 0.3) is 22.3 Å². The van der Waals surface area contributed by atoms with Crippen molar-refractivity contribution < 1.29 is 23.0 Å². The normalized spacial score (nSPS) is 13.5. The van der Waals surface area contributed by atoms with Crippen molar-refractivity contribution >= 4 is 17.0 Å². The number of halogens is 2. The maximum Gasteiger partial charge on any atom is 0.337 e. The molecule has 1 saturated carbocycles. The Hall–Kier alpha value is -5.14. The summed E-state index contributed by atoms with van der Waals surface area (Å²) in [5, 5.41) is 8.95. The maximum absolute atomic E-state index is 15.7. The van der Waals surface area contributed by atoms with Crippen LogP contribution in [0.5, 0.6) is 5.88 Å². The number of fused-ring (bicyclic) bond motifs is 1. The van der Waals surface area contributed by atoms with Gasteiger partial charge in [0.15, 0.2) is 0 Å². The number of nitriles is 1. The van der Waals surface area contributed by atoms with Gasteiger partial charge in [-0.25, -0.2) is 23.5 Å². The average molecular weight is 622 g/mol. The van der Waals surface area contributed by atoms with Gasteiger partial charge in [-0.2, -0.15) is 5.26 Å². The Morgan fingerprint density at radius 2 is 1.78 bits per heavy atom. The van der Waals surface area contributed by atoms with Crippen molar-refractivity contribution in [3.8, 4) is 23.2 Å². The number of rotatable bonds is 11. The number of benzene rings is 3. The molecule has 0 unspecified atom stereocenters. The summed E-state index contributed by atoms with van der Waals surface area (Å²) < 4.78 is 42.8. The highest BCUT2D eigenvalue weighted by Gasteiger charge is 2.44. The van der Waals surface area contributed by atoms with Gasteiger partial charge < -0.3 is 18.9 Å². The number of nitrogens with zero attached hydrogens (tertiary/aromatic N) is 5. The predicted octanol–water partition coefficient (Wildman–Crippen LogP) is 6.55. The Kier molecular flexibility index (Phi) is 8.52. The molecule has 8 nitrogen and oxygen atoms in total. The van der Waals surface area contributed by atoms with Crippen LogP contribution in [0.1, 0.15) is 45.7 Å². The number of pyridine rings is 1. The Bertz CT molecular complexity index is 1980. The number of methoxy groups -OCH3 is 1. The van der Waals surface area contributed by atoms with E-state index in [4.69, 9.17) is 19.7 Å². The minimum Gasteiger partial charge on any atom is -0.473 e. The summed E-state index contributed by atoms with van der Waals surface area (Å²) >= 11 is 0. The fourth-order valence-electron chi connectivity index (χ4n) is 5.84. The van der Waals surface area contributed by atoms with Crippen molar-refractivity contribution in [2.24, 2.45) is 5.41 Å². The first-order valence-electron chi connectivity index (χ1n) is 15.0. The first-order chi connectivity index (χ1) is 22.2. The molecule has 0 spiro atoms. The lowest BCUT2D eigenvalue weighted by Crippen LogP contribution is -2.27. The first kappa shape index (κ1) is 30.9. The van der Waals surface area contributed by atoms with Gasteiger partial charge in [-0.05, 0) is 75.0 Å². The van der Waals surface area contributed by atoms with Crippen LogP contribution in [0.3, 0.4) is 0 Å². The van der Waals surface area contributed by atoms with E-state index in [9.17, 15) is 9.18 Å². The molecule has 0 N–H and O–H groups in total. The second kappa shape index (κ2) is 12.7. The lowest BCUT2D eigenvalue weighted by molar-refractivity contribution is 0.0601. The van der Waals surface area contributed by atoms with Crippen LogP contribution in [0.2, 0.25) is 0 Å². The molecule has 0 amide bonds. The van der Waals surface area contributed by atoms with Crippen molar-refractivity contribution in [2.45, 2.75) is 32.4 Å². The molecule has 234 valence electrons. The van der Waals surface area contributed by atoms with E-state index in [-0.39, 0.29) is 29.9 Å². The summed E-state index contributed by atoms with van der Waals surface area (Å²) in [6.07, 6.45) is 2.43. The van der Waals surface area contributed by atoms with E-state index >= 15 is 4.39 Å². The third-order valence-corrected chi connectivity index (χ3v) is 8.33. The summed E-state index contributed by atoms with van der Waals surface area (Å²) in [6, 6.07) is 21.5. The van der Waals surface area contributed by atoms with Gasteiger partial charge in [0.2, 0.25) is 5.88 Å². The zero-order valence-electron chi connectivity index (χ0n) is 25.9. The van der Waals surface area contributed by atoms with Crippen LogP contribution >= 0.6 is 0 Å². The van der Waals surface area contributed by atoms with Crippen molar-refractivity contribution in [1.29, 1.82) is 5.26 Å². The number of imidazole rings is 1. The van der Waals surface area contributed by atoms with Crippen molar-refractivity contribution in [1.82, 2.24) is 19.4 Å². The molecule has 0 atom stereocenters. The second-order valence-corrected chi connectivity index (χ2v) is 12.1. The molecular formula is C36H33F2N5O3. The number of esters is 1. The average Bonchev–Trinajstić information content (AvgIpc) is 3.72. The van der Waals surface area contributed by atoms with E-state index in [0.29, 0.717) is 34.5 Å². The van der Waals surface area contributed by atoms with Gasteiger partial charge >= 0.3 is 5.97 Å². The van der Waals surface area contributed by atoms with Gasteiger partial charge in [0.25, 0.3) is 0 Å². The fourth-order valence-corrected chi connectivity index (χ4v) is 5.84. The highest BCUT2D eigenvalue weighted by molar-refractivity contribution is 5.93.